The van der Waals surface area contributed by atoms with Crippen LogP contribution in [-0.4, -0.2) is 17.1 Å². The Morgan fingerprint density at radius 3 is 2.68 bits per heavy atom. The first-order valence-electron chi connectivity index (χ1n) is 7.60. The molecule has 2 aromatic heterocycles. The molecule has 0 amide bonds. The summed E-state index contributed by atoms with van der Waals surface area (Å²) in [4.78, 5) is 9.13. The number of nitrogens with one attached hydrogen (secondary N) is 1. The van der Waals surface area contributed by atoms with Gasteiger partial charge < -0.3 is 10.1 Å². The van der Waals surface area contributed by atoms with Gasteiger partial charge in [0.25, 0.3) is 0 Å². The van der Waals surface area contributed by atoms with Gasteiger partial charge in [0.05, 0.1) is 23.8 Å². The van der Waals surface area contributed by atoms with Crippen LogP contribution in [0, 0.1) is 5.82 Å². The van der Waals surface area contributed by atoms with Gasteiger partial charge >= 0.3 is 0 Å². The first kappa shape index (κ1) is 15.6. The third kappa shape index (κ3) is 2.94. The Bertz CT molecular complexity index is 1100. The maximum Gasteiger partial charge on any atom is 0.213 e. The number of nitrogens with zero attached hydrogens (tertiary/aromatic N) is 2. The van der Waals surface area contributed by atoms with Crippen molar-refractivity contribution in [2.24, 2.45) is 0 Å². The van der Waals surface area contributed by atoms with Gasteiger partial charge in [0.1, 0.15) is 11.3 Å². The number of aromatic nitrogens is 2. The van der Waals surface area contributed by atoms with Crippen LogP contribution in [0.2, 0.25) is 5.02 Å². The summed E-state index contributed by atoms with van der Waals surface area (Å²) in [6.45, 7) is 0. The molecule has 0 fully saturated rings. The highest BCUT2D eigenvalue weighted by molar-refractivity contribution is 6.31. The van der Waals surface area contributed by atoms with Gasteiger partial charge in [-0.25, -0.2) is 14.4 Å². The van der Waals surface area contributed by atoms with E-state index in [1.54, 1.807) is 37.4 Å². The van der Waals surface area contributed by atoms with Gasteiger partial charge in [-0.05, 0) is 42.5 Å². The highest BCUT2D eigenvalue weighted by Gasteiger charge is 2.13. The predicted octanol–water partition coefficient (Wildman–Crippen LogP) is 5.33. The minimum absolute atomic E-state index is 0.318. The summed E-state index contributed by atoms with van der Waals surface area (Å²) in [5.41, 5.74) is 3.40. The van der Waals surface area contributed by atoms with E-state index in [4.69, 9.17) is 16.3 Å². The van der Waals surface area contributed by atoms with Gasteiger partial charge in [0.15, 0.2) is 0 Å². The summed E-state index contributed by atoms with van der Waals surface area (Å²) in [7, 11) is 1.56. The fourth-order valence-electron chi connectivity index (χ4n) is 2.72. The van der Waals surface area contributed by atoms with Crippen LogP contribution >= 0.6 is 11.6 Å². The molecule has 0 saturated carbocycles. The van der Waals surface area contributed by atoms with Crippen LogP contribution < -0.4 is 10.1 Å². The maximum atomic E-state index is 13.6. The van der Waals surface area contributed by atoms with Crippen LogP contribution in [0.15, 0.2) is 54.6 Å². The van der Waals surface area contributed by atoms with E-state index < -0.39 is 0 Å². The Morgan fingerprint density at radius 2 is 1.88 bits per heavy atom. The number of methoxy groups -OCH3 is 1. The number of ether oxygens (including phenoxy) is 1. The van der Waals surface area contributed by atoms with E-state index in [0.717, 1.165) is 16.6 Å². The highest BCUT2D eigenvalue weighted by Crippen LogP contribution is 2.34. The Morgan fingerprint density at radius 1 is 1.00 bits per heavy atom. The summed E-state index contributed by atoms with van der Waals surface area (Å²) in [6, 6.07) is 15.3. The van der Waals surface area contributed by atoms with E-state index in [2.05, 4.69) is 15.3 Å². The lowest BCUT2D eigenvalue weighted by molar-refractivity contribution is 0.399. The molecule has 0 unspecified atom stereocenters. The summed E-state index contributed by atoms with van der Waals surface area (Å²) in [6.07, 6.45) is 0. The van der Waals surface area contributed by atoms with Gasteiger partial charge in [-0.2, -0.15) is 0 Å². The molecule has 2 aromatic carbocycles. The van der Waals surface area contributed by atoms with Gasteiger partial charge in [0.2, 0.25) is 5.88 Å². The third-order valence-electron chi connectivity index (χ3n) is 3.86. The van der Waals surface area contributed by atoms with Crippen molar-refractivity contribution in [3.8, 4) is 5.88 Å². The molecule has 0 atom stereocenters. The minimum atomic E-state index is -0.318. The molecule has 0 saturated heterocycles. The second-order valence-corrected chi connectivity index (χ2v) is 5.94. The lowest BCUT2D eigenvalue weighted by atomic mass is 10.1. The Kier molecular flexibility index (Phi) is 3.86. The smallest absolute Gasteiger partial charge is 0.213 e. The van der Waals surface area contributed by atoms with E-state index in [-0.39, 0.29) is 5.82 Å². The highest BCUT2D eigenvalue weighted by atomic mass is 35.5. The molecule has 0 aliphatic heterocycles. The number of pyridine rings is 2. The van der Waals surface area contributed by atoms with Crippen molar-refractivity contribution in [2.45, 2.75) is 0 Å². The van der Waals surface area contributed by atoms with E-state index in [0.29, 0.717) is 27.6 Å². The molecular weight excluding hydrogens is 341 g/mol. The molecule has 6 heteroatoms. The van der Waals surface area contributed by atoms with Crippen molar-refractivity contribution in [1.29, 1.82) is 0 Å². The van der Waals surface area contributed by atoms with Crippen molar-refractivity contribution in [3.63, 3.8) is 0 Å². The number of anilines is 2. The largest absolute Gasteiger partial charge is 0.481 e. The van der Waals surface area contributed by atoms with Crippen LogP contribution in [0.4, 0.5) is 15.8 Å². The summed E-state index contributed by atoms with van der Waals surface area (Å²) in [5, 5.41) is 4.69. The number of hydrogen-bond acceptors (Lipinski definition) is 4. The zero-order valence-corrected chi connectivity index (χ0v) is 14.0. The monoisotopic (exact) mass is 353 g/mol. The van der Waals surface area contributed by atoms with Gasteiger partial charge in [-0.3, -0.25) is 0 Å². The molecule has 2 heterocycles. The van der Waals surface area contributed by atoms with E-state index in [9.17, 15) is 4.39 Å². The van der Waals surface area contributed by atoms with Crippen LogP contribution in [0.1, 0.15) is 0 Å². The van der Waals surface area contributed by atoms with Crippen LogP contribution in [0.5, 0.6) is 5.88 Å². The molecule has 4 aromatic rings. The summed E-state index contributed by atoms with van der Waals surface area (Å²) < 4.78 is 18.8. The van der Waals surface area contributed by atoms with Crippen molar-refractivity contribution in [1.82, 2.24) is 9.97 Å². The van der Waals surface area contributed by atoms with Crippen LogP contribution in [0.25, 0.3) is 21.9 Å². The lowest BCUT2D eigenvalue weighted by Crippen LogP contribution is -1.98. The maximum absolute atomic E-state index is 13.6. The molecule has 124 valence electrons. The number of hydrogen-bond donors (Lipinski definition) is 1. The van der Waals surface area contributed by atoms with E-state index >= 15 is 0 Å². The summed E-state index contributed by atoms with van der Waals surface area (Å²) in [5.74, 6) is 0.158. The molecule has 0 spiro atoms. The minimum Gasteiger partial charge on any atom is -0.481 e. The average molecular weight is 354 g/mol. The molecule has 4 nitrogen and oxygen atoms in total. The molecule has 0 radical (unpaired) electrons. The lowest BCUT2D eigenvalue weighted by Gasteiger charge is -2.13. The standard InChI is InChI=1S/C19H13ClFN3O/c1-25-17-8-7-15-19(24-17)18(22-13-4-2-3-12(21)10-13)14-6-5-11(20)9-16(14)23-15/h2-10H,1H3,(H,22,23). The first-order valence-corrected chi connectivity index (χ1v) is 7.98. The molecule has 0 aliphatic rings. The number of fused-ring (bicyclic) bond motifs is 2. The van der Waals surface area contributed by atoms with Gasteiger partial charge in [-0.15, -0.1) is 0 Å². The Balaban J connectivity index is 2.01. The fourth-order valence-corrected chi connectivity index (χ4v) is 2.89. The Labute approximate surface area is 148 Å². The molecule has 1 N–H and O–H groups in total. The van der Waals surface area contributed by atoms with E-state index in [1.165, 1.54) is 12.1 Å². The summed E-state index contributed by atoms with van der Waals surface area (Å²) >= 11 is 6.11. The zero-order chi connectivity index (χ0) is 17.4. The Hall–Kier alpha value is -2.92. The van der Waals surface area contributed by atoms with Gasteiger partial charge in [-0.1, -0.05) is 17.7 Å². The number of benzene rings is 2. The van der Waals surface area contributed by atoms with Gasteiger partial charge in [0, 0.05) is 22.2 Å². The average Bonchev–Trinajstić information content (AvgIpc) is 2.61. The second-order valence-electron chi connectivity index (χ2n) is 5.50. The molecule has 0 bridgehead atoms. The van der Waals surface area contributed by atoms with Crippen molar-refractivity contribution >= 4 is 44.9 Å². The molecule has 4 rings (SSSR count). The normalized spacial score (nSPS) is 11.0. The molecule has 25 heavy (non-hydrogen) atoms. The topological polar surface area (TPSA) is 47.0 Å². The van der Waals surface area contributed by atoms with E-state index in [1.807, 2.05) is 12.1 Å². The predicted molar refractivity (Wildman–Crippen MR) is 98.3 cm³/mol. The number of rotatable bonds is 3. The fraction of sp³-hybridized carbons (Fsp3) is 0.0526. The molecular formula is C19H13ClFN3O. The quantitative estimate of drug-likeness (QED) is 0.506. The SMILES string of the molecule is COc1ccc2nc3cc(Cl)ccc3c(Nc3cccc(F)c3)c2n1. The zero-order valence-electron chi connectivity index (χ0n) is 13.3. The number of halogens is 2. The van der Waals surface area contributed by atoms with Crippen molar-refractivity contribution in [2.75, 3.05) is 12.4 Å². The third-order valence-corrected chi connectivity index (χ3v) is 4.09. The van der Waals surface area contributed by atoms with Crippen LogP contribution in [0.3, 0.4) is 0 Å². The van der Waals surface area contributed by atoms with Crippen LogP contribution in [-0.2, 0) is 0 Å². The first-order chi connectivity index (χ1) is 12.1. The molecule has 0 aliphatic carbocycles. The second kappa shape index (κ2) is 6.18. The van der Waals surface area contributed by atoms with Crippen molar-refractivity contribution in [3.05, 3.63) is 65.4 Å². The van der Waals surface area contributed by atoms with Crippen molar-refractivity contribution < 1.29 is 9.13 Å².